The van der Waals surface area contributed by atoms with E-state index in [0.29, 0.717) is 0 Å². The molecule has 0 aromatic carbocycles. The lowest BCUT2D eigenvalue weighted by Crippen LogP contribution is -2.34. The first-order valence-electron chi connectivity index (χ1n) is 6.92. The van der Waals surface area contributed by atoms with E-state index in [2.05, 4.69) is 15.0 Å². The molecule has 0 unspecified atom stereocenters. The van der Waals surface area contributed by atoms with E-state index in [1.807, 2.05) is 0 Å². The van der Waals surface area contributed by atoms with Gasteiger partial charge in [0.15, 0.2) is 17.4 Å². The number of imidazole rings is 1. The smallest absolute Gasteiger partial charge is 0.329 e. The zero-order valence-corrected chi connectivity index (χ0v) is 12.2. The first-order chi connectivity index (χ1) is 11.4. The maximum Gasteiger partial charge on any atom is 0.329 e. The van der Waals surface area contributed by atoms with Gasteiger partial charge in [-0.25, -0.2) is 9.78 Å². The Labute approximate surface area is 133 Å². The predicted octanol–water partition coefficient (Wildman–Crippen LogP) is -2.58. The SMILES string of the molecule is Nc1nc2c(ncn2[C@@H]2O[C@H](COCC(=O)O)[C@@H](O)[C@H]2O)c(=O)[nH]1. The summed E-state index contributed by atoms with van der Waals surface area (Å²) in [5.74, 6) is -1.30. The van der Waals surface area contributed by atoms with Gasteiger partial charge >= 0.3 is 5.97 Å². The number of fused-ring (bicyclic) bond motifs is 1. The average molecular weight is 341 g/mol. The van der Waals surface area contributed by atoms with E-state index in [4.69, 9.17) is 20.3 Å². The number of carboxylic acid groups (broad SMARTS) is 1. The number of nitrogen functional groups attached to an aromatic ring is 1. The fourth-order valence-corrected chi connectivity index (χ4v) is 2.49. The third-order valence-electron chi connectivity index (χ3n) is 3.57. The van der Waals surface area contributed by atoms with E-state index in [1.165, 1.54) is 10.9 Å². The number of aliphatic hydroxyl groups excluding tert-OH is 2. The molecule has 1 saturated heterocycles. The minimum atomic E-state index is -1.36. The summed E-state index contributed by atoms with van der Waals surface area (Å²) >= 11 is 0. The molecule has 0 bridgehead atoms. The summed E-state index contributed by atoms with van der Waals surface area (Å²) in [4.78, 5) is 32.3. The molecule has 130 valence electrons. The standard InChI is InChI=1S/C12H15N5O7/c13-12-15-9-6(10(22)16-12)14-3-17(9)11-8(21)7(20)4(24-11)1-23-2-5(18)19/h3-4,7-8,11,20-21H,1-2H2,(H,18,19)(H3,13,15,16,22)/t4-,7-,8-,11-/m1/s1. The van der Waals surface area contributed by atoms with Gasteiger partial charge in [0.25, 0.3) is 5.56 Å². The van der Waals surface area contributed by atoms with Crippen molar-refractivity contribution in [3.63, 3.8) is 0 Å². The van der Waals surface area contributed by atoms with E-state index in [9.17, 15) is 19.8 Å². The number of aromatic amines is 1. The number of nitrogens with one attached hydrogen (secondary N) is 1. The Morgan fingerprint density at radius 3 is 2.92 bits per heavy atom. The Morgan fingerprint density at radius 1 is 1.46 bits per heavy atom. The van der Waals surface area contributed by atoms with Crippen LogP contribution in [0.25, 0.3) is 11.2 Å². The number of ether oxygens (including phenoxy) is 2. The molecule has 2 aromatic heterocycles. The van der Waals surface area contributed by atoms with Gasteiger partial charge in [-0.1, -0.05) is 0 Å². The number of anilines is 1. The second-order valence-corrected chi connectivity index (χ2v) is 5.23. The van der Waals surface area contributed by atoms with Gasteiger partial charge in [0.2, 0.25) is 5.95 Å². The number of hydrogen-bond donors (Lipinski definition) is 5. The molecule has 0 spiro atoms. The lowest BCUT2D eigenvalue weighted by atomic mass is 10.1. The van der Waals surface area contributed by atoms with Crippen LogP contribution in [0.15, 0.2) is 11.1 Å². The zero-order chi connectivity index (χ0) is 17.4. The van der Waals surface area contributed by atoms with Crippen LogP contribution in [-0.2, 0) is 14.3 Å². The van der Waals surface area contributed by atoms with Crippen molar-refractivity contribution in [3.05, 3.63) is 16.7 Å². The quantitative estimate of drug-likeness (QED) is 0.386. The molecule has 2 aromatic rings. The number of nitrogens with two attached hydrogens (primary N) is 1. The van der Waals surface area contributed by atoms with Crippen LogP contribution in [0.2, 0.25) is 0 Å². The summed E-state index contributed by atoms with van der Waals surface area (Å²) in [6.45, 7) is -0.793. The maximum atomic E-state index is 11.8. The highest BCUT2D eigenvalue weighted by Crippen LogP contribution is 2.31. The monoisotopic (exact) mass is 341 g/mol. The van der Waals surface area contributed by atoms with E-state index < -0.39 is 42.7 Å². The number of hydrogen-bond acceptors (Lipinski definition) is 9. The van der Waals surface area contributed by atoms with Crippen LogP contribution < -0.4 is 11.3 Å². The second kappa shape index (κ2) is 6.16. The number of nitrogens with zero attached hydrogens (tertiary/aromatic N) is 3. The van der Waals surface area contributed by atoms with Crippen LogP contribution in [-0.4, -0.2) is 72.3 Å². The molecule has 0 radical (unpaired) electrons. The zero-order valence-electron chi connectivity index (χ0n) is 12.2. The summed E-state index contributed by atoms with van der Waals surface area (Å²) in [6.07, 6.45) is -3.49. The number of rotatable bonds is 5. The third kappa shape index (κ3) is 2.82. The van der Waals surface area contributed by atoms with Crippen LogP contribution >= 0.6 is 0 Å². The predicted molar refractivity (Wildman–Crippen MR) is 76.9 cm³/mol. The molecule has 12 nitrogen and oxygen atoms in total. The van der Waals surface area contributed by atoms with Crippen molar-refractivity contribution in [3.8, 4) is 0 Å². The van der Waals surface area contributed by atoms with E-state index in [0.717, 1.165) is 0 Å². The maximum absolute atomic E-state index is 11.8. The van der Waals surface area contributed by atoms with Crippen molar-refractivity contribution in [2.45, 2.75) is 24.5 Å². The van der Waals surface area contributed by atoms with E-state index in [-0.39, 0.29) is 23.7 Å². The summed E-state index contributed by atoms with van der Waals surface area (Å²) in [5.41, 5.74) is 5.03. The average Bonchev–Trinajstić information content (AvgIpc) is 3.03. The lowest BCUT2D eigenvalue weighted by Gasteiger charge is -2.16. The molecule has 3 rings (SSSR count). The molecule has 3 heterocycles. The van der Waals surface area contributed by atoms with Gasteiger partial charge in [-0.2, -0.15) is 4.98 Å². The molecule has 0 amide bonds. The fraction of sp³-hybridized carbons (Fsp3) is 0.500. The van der Waals surface area contributed by atoms with Gasteiger partial charge in [0.05, 0.1) is 12.9 Å². The third-order valence-corrected chi connectivity index (χ3v) is 3.57. The minimum Gasteiger partial charge on any atom is -0.480 e. The van der Waals surface area contributed by atoms with Gasteiger partial charge < -0.3 is 30.5 Å². The van der Waals surface area contributed by atoms with Gasteiger partial charge in [-0.3, -0.25) is 14.3 Å². The topological polar surface area (TPSA) is 186 Å². The Bertz CT molecular complexity index is 818. The normalized spacial score (nSPS) is 26.9. The van der Waals surface area contributed by atoms with Gasteiger partial charge in [0.1, 0.15) is 24.9 Å². The van der Waals surface area contributed by atoms with Crippen molar-refractivity contribution in [2.75, 3.05) is 18.9 Å². The molecule has 1 aliphatic heterocycles. The van der Waals surface area contributed by atoms with Crippen LogP contribution in [0.4, 0.5) is 5.95 Å². The molecule has 6 N–H and O–H groups in total. The highest BCUT2D eigenvalue weighted by molar-refractivity contribution is 5.70. The lowest BCUT2D eigenvalue weighted by molar-refractivity contribution is -0.144. The van der Waals surface area contributed by atoms with Crippen molar-refractivity contribution in [2.24, 2.45) is 0 Å². The summed E-state index contributed by atoms with van der Waals surface area (Å²) < 4.78 is 11.7. The number of aliphatic hydroxyl groups is 2. The molecule has 12 heteroatoms. The number of H-pyrrole nitrogens is 1. The highest BCUT2D eigenvalue weighted by Gasteiger charge is 2.44. The largest absolute Gasteiger partial charge is 0.480 e. The van der Waals surface area contributed by atoms with Gasteiger partial charge in [-0.15, -0.1) is 0 Å². The Hall–Kier alpha value is -2.54. The Morgan fingerprint density at radius 2 is 2.21 bits per heavy atom. The molecular weight excluding hydrogens is 326 g/mol. The molecule has 0 saturated carbocycles. The van der Waals surface area contributed by atoms with Crippen molar-refractivity contribution < 1.29 is 29.6 Å². The summed E-state index contributed by atoms with van der Waals surface area (Å²) in [5, 5.41) is 28.7. The van der Waals surface area contributed by atoms with E-state index >= 15 is 0 Å². The Balaban J connectivity index is 1.85. The first-order valence-corrected chi connectivity index (χ1v) is 6.92. The molecular formula is C12H15N5O7. The molecule has 1 aliphatic rings. The van der Waals surface area contributed by atoms with Crippen LogP contribution in [0, 0.1) is 0 Å². The fourth-order valence-electron chi connectivity index (χ4n) is 2.49. The molecule has 1 fully saturated rings. The molecule has 0 aliphatic carbocycles. The first kappa shape index (κ1) is 16.3. The summed E-state index contributed by atoms with van der Waals surface area (Å²) in [7, 11) is 0. The highest BCUT2D eigenvalue weighted by atomic mass is 16.6. The minimum absolute atomic E-state index is 0.0000620. The number of aromatic nitrogens is 4. The van der Waals surface area contributed by atoms with Crippen molar-refractivity contribution >= 4 is 23.1 Å². The van der Waals surface area contributed by atoms with Crippen molar-refractivity contribution in [1.82, 2.24) is 19.5 Å². The number of carbonyl (C=O) groups is 1. The van der Waals surface area contributed by atoms with Crippen LogP contribution in [0.3, 0.4) is 0 Å². The van der Waals surface area contributed by atoms with E-state index in [1.54, 1.807) is 0 Å². The number of aliphatic carboxylic acids is 1. The molecule has 24 heavy (non-hydrogen) atoms. The van der Waals surface area contributed by atoms with Crippen LogP contribution in [0.1, 0.15) is 6.23 Å². The van der Waals surface area contributed by atoms with Crippen molar-refractivity contribution in [1.29, 1.82) is 0 Å². The van der Waals surface area contributed by atoms with Gasteiger partial charge in [0, 0.05) is 0 Å². The second-order valence-electron chi connectivity index (χ2n) is 5.23. The molecule has 4 atom stereocenters. The van der Waals surface area contributed by atoms with Crippen LogP contribution in [0.5, 0.6) is 0 Å². The number of carboxylic acids is 1. The summed E-state index contributed by atoms with van der Waals surface area (Å²) in [6, 6.07) is 0. The van der Waals surface area contributed by atoms with Gasteiger partial charge in [-0.05, 0) is 0 Å². The Kier molecular flexibility index (Phi) is 4.19.